The Bertz CT molecular complexity index is 1090. The lowest BCUT2D eigenvalue weighted by Crippen LogP contribution is -2.41. The molecule has 29 heavy (non-hydrogen) atoms. The molecule has 1 fully saturated rings. The van der Waals surface area contributed by atoms with Gasteiger partial charge in [-0.05, 0) is 61.4 Å². The summed E-state index contributed by atoms with van der Waals surface area (Å²) in [5, 5.41) is 2.74. The van der Waals surface area contributed by atoms with E-state index in [1.165, 1.54) is 40.7 Å². The summed E-state index contributed by atoms with van der Waals surface area (Å²) < 4.78 is 62.6. The first-order chi connectivity index (χ1) is 13.6. The van der Waals surface area contributed by atoms with E-state index in [0.29, 0.717) is 18.5 Å². The predicted octanol–water partition coefficient (Wildman–Crippen LogP) is 2.27. The van der Waals surface area contributed by atoms with Gasteiger partial charge in [0.05, 0.1) is 9.79 Å². The van der Waals surface area contributed by atoms with Gasteiger partial charge in [0.15, 0.2) is 9.84 Å². The van der Waals surface area contributed by atoms with Gasteiger partial charge in [0.1, 0.15) is 5.82 Å². The molecule has 1 amide bonds. The molecule has 156 valence electrons. The standard InChI is InChI=1S/C19H21FN2O5S2/c1-28(24,25)17-8-4-16(5-9-17)21-19(23)14-10-12-22(13-11-14)29(26,27)18-6-2-15(20)3-7-18/h2-9,14H,10-13H2,1H3,(H,21,23). The third-order valence-electron chi connectivity index (χ3n) is 4.83. The molecule has 3 rings (SSSR count). The Morgan fingerprint density at radius 1 is 0.931 bits per heavy atom. The highest BCUT2D eigenvalue weighted by molar-refractivity contribution is 7.90. The number of carbonyl (C=O) groups excluding carboxylic acids is 1. The summed E-state index contributed by atoms with van der Waals surface area (Å²) in [6.07, 6.45) is 1.82. The minimum absolute atomic E-state index is 0.0211. The van der Waals surface area contributed by atoms with Crippen LogP contribution in [0.1, 0.15) is 12.8 Å². The maximum Gasteiger partial charge on any atom is 0.243 e. The minimum Gasteiger partial charge on any atom is -0.326 e. The molecule has 0 unspecified atom stereocenters. The molecule has 0 atom stereocenters. The summed E-state index contributed by atoms with van der Waals surface area (Å²) in [7, 11) is -7.04. The second kappa shape index (κ2) is 8.21. The SMILES string of the molecule is CS(=O)(=O)c1ccc(NC(=O)C2CCN(S(=O)(=O)c3ccc(F)cc3)CC2)cc1. The van der Waals surface area contributed by atoms with Crippen molar-refractivity contribution >= 4 is 31.5 Å². The number of piperidine rings is 1. The van der Waals surface area contributed by atoms with Crippen molar-refractivity contribution in [3.05, 3.63) is 54.3 Å². The number of nitrogens with zero attached hydrogens (tertiary/aromatic N) is 1. The van der Waals surface area contributed by atoms with Crippen LogP contribution in [0, 0.1) is 11.7 Å². The molecule has 0 aliphatic carbocycles. The number of benzene rings is 2. The minimum atomic E-state index is -3.73. The van der Waals surface area contributed by atoms with Gasteiger partial charge < -0.3 is 5.32 Å². The summed E-state index contributed by atoms with van der Waals surface area (Å²) >= 11 is 0. The maximum atomic E-state index is 13.0. The quantitative estimate of drug-likeness (QED) is 0.769. The highest BCUT2D eigenvalue weighted by atomic mass is 32.2. The molecule has 0 saturated carbocycles. The van der Waals surface area contributed by atoms with Gasteiger partial charge in [-0.1, -0.05) is 0 Å². The zero-order valence-corrected chi connectivity index (χ0v) is 17.3. The normalized spacial score (nSPS) is 16.5. The molecular formula is C19H21FN2O5S2. The van der Waals surface area contributed by atoms with Crippen LogP contribution in [0.4, 0.5) is 10.1 Å². The van der Waals surface area contributed by atoms with E-state index >= 15 is 0 Å². The number of sulfone groups is 1. The van der Waals surface area contributed by atoms with E-state index in [1.807, 2.05) is 0 Å². The Balaban J connectivity index is 1.60. The number of carbonyl (C=O) groups is 1. The topological polar surface area (TPSA) is 101 Å². The van der Waals surface area contributed by atoms with E-state index in [0.717, 1.165) is 18.4 Å². The van der Waals surface area contributed by atoms with E-state index in [-0.39, 0.29) is 34.7 Å². The molecule has 0 radical (unpaired) electrons. The Morgan fingerprint density at radius 2 is 1.45 bits per heavy atom. The number of anilines is 1. The molecule has 1 aliphatic rings. The zero-order chi connectivity index (χ0) is 21.2. The highest BCUT2D eigenvalue weighted by Gasteiger charge is 2.32. The van der Waals surface area contributed by atoms with Gasteiger partial charge in [-0.25, -0.2) is 21.2 Å². The Hall–Kier alpha value is -2.30. The van der Waals surface area contributed by atoms with Crippen molar-refractivity contribution in [1.29, 1.82) is 0 Å². The monoisotopic (exact) mass is 440 g/mol. The molecule has 7 nitrogen and oxygen atoms in total. The lowest BCUT2D eigenvalue weighted by Gasteiger charge is -2.30. The lowest BCUT2D eigenvalue weighted by molar-refractivity contribution is -0.120. The van der Waals surface area contributed by atoms with Gasteiger partial charge in [-0.2, -0.15) is 4.31 Å². The predicted molar refractivity (Wildman–Crippen MR) is 106 cm³/mol. The summed E-state index contributed by atoms with van der Waals surface area (Å²) in [6.45, 7) is 0.371. The van der Waals surface area contributed by atoms with Crippen LogP contribution < -0.4 is 5.32 Å². The highest BCUT2D eigenvalue weighted by Crippen LogP contribution is 2.25. The van der Waals surface area contributed by atoms with Crippen LogP contribution in [-0.2, 0) is 24.7 Å². The smallest absolute Gasteiger partial charge is 0.243 e. The van der Waals surface area contributed by atoms with E-state index in [2.05, 4.69) is 5.32 Å². The van der Waals surface area contributed by atoms with Crippen LogP contribution in [0.3, 0.4) is 0 Å². The molecule has 0 bridgehead atoms. The van der Waals surface area contributed by atoms with Crippen LogP contribution in [0.5, 0.6) is 0 Å². The fourth-order valence-electron chi connectivity index (χ4n) is 3.14. The first kappa shape index (κ1) is 21.4. The van der Waals surface area contributed by atoms with Crippen molar-refractivity contribution in [2.24, 2.45) is 5.92 Å². The van der Waals surface area contributed by atoms with Crippen LogP contribution >= 0.6 is 0 Å². The first-order valence-electron chi connectivity index (χ1n) is 8.94. The fraction of sp³-hybridized carbons (Fsp3) is 0.316. The van der Waals surface area contributed by atoms with Crippen LogP contribution in [0.25, 0.3) is 0 Å². The molecule has 1 aliphatic heterocycles. The number of rotatable bonds is 5. The van der Waals surface area contributed by atoms with Crippen molar-refractivity contribution < 1.29 is 26.0 Å². The molecule has 2 aromatic carbocycles. The third kappa shape index (κ3) is 5.01. The van der Waals surface area contributed by atoms with Gasteiger partial charge in [0.25, 0.3) is 0 Å². The van der Waals surface area contributed by atoms with Crippen LogP contribution in [-0.4, -0.2) is 46.4 Å². The zero-order valence-electron chi connectivity index (χ0n) is 15.7. The Morgan fingerprint density at radius 3 is 1.97 bits per heavy atom. The summed E-state index contributed by atoms with van der Waals surface area (Å²) in [6, 6.07) is 10.5. The third-order valence-corrected chi connectivity index (χ3v) is 7.87. The van der Waals surface area contributed by atoms with Crippen molar-refractivity contribution in [3.63, 3.8) is 0 Å². The Kier molecular flexibility index (Phi) is 6.06. The molecule has 0 aromatic heterocycles. The molecule has 10 heteroatoms. The van der Waals surface area contributed by atoms with Gasteiger partial charge in [0.2, 0.25) is 15.9 Å². The summed E-state index contributed by atoms with van der Waals surface area (Å²) in [5.41, 5.74) is 0.476. The summed E-state index contributed by atoms with van der Waals surface area (Å²) in [5.74, 6) is -1.11. The number of halogens is 1. The van der Waals surface area contributed by atoms with Gasteiger partial charge in [-0.15, -0.1) is 0 Å². The average Bonchev–Trinajstić information content (AvgIpc) is 2.68. The summed E-state index contributed by atoms with van der Waals surface area (Å²) in [4.78, 5) is 12.7. The van der Waals surface area contributed by atoms with E-state index < -0.39 is 25.7 Å². The lowest BCUT2D eigenvalue weighted by atomic mass is 9.97. The number of amides is 1. The van der Waals surface area contributed by atoms with E-state index in [1.54, 1.807) is 0 Å². The fourth-order valence-corrected chi connectivity index (χ4v) is 5.24. The first-order valence-corrected chi connectivity index (χ1v) is 12.3. The number of hydrogen-bond donors (Lipinski definition) is 1. The van der Waals surface area contributed by atoms with Crippen molar-refractivity contribution in [2.75, 3.05) is 24.7 Å². The largest absolute Gasteiger partial charge is 0.326 e. The maximum absolute atomic E-state index is 13.0. The van der Waals surface area contributed by atoms with Crippen LogP contribution in [0.2, 0.25) is 0 Å². The van der Waals surface area contributed by atoms with E-state index in [4.69, 9.17) is 0 Å². The molecule has 0 spiro atoms. The molecule has 2 aromatic rings. The second-order valence-corrected chi connectivity index (χ2v) is 10.9. The van der Waals surface area contributed by atoms with Crippen LogP contribution in [0.15, 0.2) is 58.3 Å². The number of hydrogen-bond acceptors (Lipinski definition) is 5. The molecular weight excluding hydrogens is 419 g/mol. The van der Waals surface area contributed by atoms with Crippen molar-refractivity contribution in [3.8, 4) is 0 Å². The van der Waals surface area contributed by atoms with Gasteiger partial charge in [0, 0.05) is 31.0 Å². The molecule has 1 saturated heterocycles. The van der Waals surface area contributed by atoms with E-state index in [9.17, 15) is 26.0 Å². The Labute approximate surface area is 169 Å². The van der Waals surface area contributed by atoms with Crippen molar-refractivity contribution in [2.45, 2.75) is 22.6 Å². The number of sulfonamides is 1. The second-order valence-electron chi connectivity index (χ2n) is 6.92. The molecule has 1 heterocycles. The molecule has 1 N–H and O–H groups in total. The van der Waals surface area contributed by atoms with Crippen molar-refractivity contribution in [1.82, 2.24) is 4.31 Å². The number of nitrogens with one attached hydrogen (secondary N) is 1. The van der Waals surface area contributed by atoms with Gasteiger partial charge in [-0.3, -0.25) is 4.79 Å². The van der Waals surface area contributed by atoms with Gasteiger partial charge >= 0.3 is 0 Å². The average molecular weight is 441 g/mol.